The van der Waals surface area contributed by atoms with E-state index < -0.39 is 0 Å². The molecule has 1 heterocycles. The molecule has 2 N–H and O–H groups in total. The number of ether oxygens (including phenoxy) is 1. The van der Waals surface area contributed by atoms with Crippen LogP contribution in [0.3, 0.4) is 0 Å². The van der Waals surface area contributed by atoms with E-state index in [-0.39, 0.29) is 18.1 Å². The maximum absolute atomic E-state index is 13.3. The Labute approximate surface area is 201 Å². The van der Waals surface area contributed by atoms with Crippen LogP contribution in [0.2, 0.25) is 0 Å². The molecule has 0 saturated carbocycles. The summed E-state index contributed by atoms with van der Waals surface area (Å²) in [7, 11) is 0. The molecule has 172 valence electrons. The number of benzene rings is 4. The average molecular weight is 451 g/mol. The Morgan fingerprint density at radius 3 is 2.53 bits per heavy atom. The second kappa shape index (κ2) is 10.5. The van der Waals surface area contributed by atoms with E-state index in [2.05, 4.69) is 34.9 Å². The summed E-state index contributed by atoms with van der Waals surface area (Å²) in [4.78, 5) is 13.3. The van der Waals surface area contributed by atoms with Crippen LogP contribution in [-0.4, -0.2) is 31.1 Å². The van der Waals surface area contributed by atoms with Crippen LogP contribution < -0.4 is 15.4 Å². The topological polar surface area (TPSA) is 50.4 Å². The van der Waals surface area contributed by atoms with E-state index in [1.165, 1.54) is 11.1 Å². The van der Waals surface area contributed by atoms with Crippen LogP contribution in [0.5, 0.6) is 5.75 Å². The SMILES string of the molecule is O=C(NC(CCNCC1Cc2ccccc2O1)Cc1ccccc1)c1cccc2ccccc12. The lowest BCUT2D eigenvalue weighted by Gasteiger charge is -2.21. The second-order valence-electron chi connectivity index (χ2n) is 8.93. The van der Waals surface area contributed by atoms with Crippen LogP contribution in [0.15, 0.2) is 97.1 Å². The lowest BCUT2D eigenvalue weighted by Crippen LogP contribution is -2.40. The highest BCUT2D eigenvalue weighted by Crippen LogP contribution is 2.27. The van der Waals surface area contributed by atoms with Crippen molar-refractivity contribution < 1.29 is 9.53 Å². The van der Waals surface area contributed by atoms with Gasteiger partial charge in [-0.2, -0.15) is 0 Å². The number of carbonyl (C=O) groups is 1. The molecule has 1 aliphatic heterocycles. The minimum absolute atomic E-state index is 0.0210. The molecule has 4 nitrogen and oxygen atoms in total. The van der Waals surface area contributed by atoms with Crippen LogP contribution in [0.25, 0.3) is 10.8 Å². The summed E-state index contributed by atoms with van der Waals surface area (Å²) in [6.07, 6.45) is 2.74. The molecule has 0 saturated heterocycles. The monoisotopic (exact) mass is 450 g/mol. The van der Waals surface area contributed by atoms with Gasteiger partial charge in [-0.3, -0.25) is 4.79 Å². The Balaban J connectivity index is 1.21. The maximum Gasteiger partial charge on any atom is 0.252 e. The van der Waals surface area contributed by atoms with Crippen molar-refractivity contribution >= 4 is 16.7 Å². The molecule has 0 bridgehead atoms. The molecule has 4 aromatic rings. The van der Waals surface area contributed by atoms with Gasteiger partial charge >= 0.3 is 0 Å². The molecule has 5 rings (SSSR count). The van der Waals surface area contributed by atoms with Gasteiger partial charge in [0.2, 0.25) is 0 Å². The number of rotatable bonds is 9. The lowest BCUT2D eigenvalue weighted by atomic mass is 10.0. The number of nitrogens with one attached hydrogen (secondary N) is 2. The van der Waals surface area contributed by atoms with Gasteiger partial charge < -0.3 is 15.4 Å². The van der Waals surface area contributed by atoms with Crippen LogP contribution >= 0.6 is 0 Å². The largest absolute Gasteiger partial charge is 0.488 e. The summed E-state index contributed by atoms with van der Waals surface area (Å²) in [6.45, 7) is 1.60. The van der Waals surface area contributed by atoms with Gasteiger partial charge in [0.1, 0.15) is 11.9 Å². The smallest absolute Gasteiger partial charge is 0.252 e. The molecule has 34 heavy (non-hydrogen) atoms. The standard InChI is InChI=1S/C30H30N2O2/c33-30(28-15-8-13-23-11-4-6-14-27(23)28)32-25(19-22-9-2-1-3-10-22)17-18-31-21-26-20-24-12-5-7-16-29(24)34-26/h1-16,25-26,31H,17-21H2,(H,32,33). The normalized spacial score (nSPS) is 15.5. The van der Waals surface area contributed by atoms with E-state index in [1.54, 1.807) is 0 Å². The van der Waals surface area contributed by atoms with Gasteiger partial charge in [0.15, 0.2) is 0 Å². The van der Waals surface area contributed by atoms with E-state index in [9.17, 15) is 4.79 Å². The van der Waals surface area contributed by atoms with E-state index in [4.69, 9.17) is 4.74 Å². The fourth-order valence-corrected chi connectivity index (χ4v) is 4.72. The molecule has 2 unspecified atom stereocenters. The van der Waals surface area contributed by atoms with E-state index in [0.717, 1.165) is 54.4 Å². The molecule has 4 heteroatoms. The van der Waals surface area contributed by atoms with Gasteiger partial charge in [-0.15, -0.1) is 0 Å². The van der Waals surface area contributed by atoms with Crippen molar-refractivity contribution in [2.45, 2.75) is 31.4 Å². The Bertz CT molecular complexity index is 1220. The third kappa shape index (κ3) is 5.29. The summed E-state index contributed by atoms with van der Waals surface area (Å²) in [5.74, 6) is 0.978. The van der Waals surface area contributed by atoms with Crippen LogP contribution in [0.1, 0.15) is 27.9 Å². The fraction of sp³-hybridized carbons (Fsp3) is 0.233. The highest BCUT2D eigenvalue weighted by molar-refractivity contribution is 6.07. The van der Waals surface area contributed by atoms with Crippen LogP contribution in [0, 0.1) is 0 Å². The van der Waals surface area contributed by atoms with Crippen LogP contribution in [-0.2, 0) is 12.8 Å². The minimum atomic E-state index is -0.0210. The van der Waals surface area contributed by atoms with Gasteiger partial charge in [-0.1, -0.05) is 84.9 Å². The number of carbonyl (C=O) groups excluding carboxylic acids is 1. The molecule has 1 amide bonds. The van der Waals surface area contributed by atoms with Crippen molar-refractivity contribution in [3.8, 4) is 5.75 Å². The first kappa shape index (κ1) is 22.2. The highest BCUT2D eigenvalue weighted by atomic mass is 16.5. The van der Waals surface area contributed by atoms with E-state index >= 15 is 0 Å². The molecule has 0 spiro atoms. The summed E-state index contributed by atoms with van der Waals surface area (Å²) in [5, 5.41) is 8.91. The molecule has 4 aromatic carbocycles. The van der Waals surface area contributed by atoms with Gasteiger partial charge in [-0.25, -0.2) is 0 Å². The van der Waals surface area contributed by atoms with Crippen molar-refractivity contribution in [3.63, 3.8) is 0 Å². The summed E-state index contributed by atoms with van der Waals surface area (Å²) < 4.78 is 6.04. The number of fused-ring (bicyclic) bond motifs is 2. The summed E-state index contributed by atoms with van der Waals surface area (Å²) in [5.41, 5.74) is 3.22. The first-order valence-electron chi connectivity index (χ1n) is 12.0. The minimum Gasteiger partial charge on any atom is -0.488 e. The predicted molar refractivity (Wildman–Crippen MR) is 137 cm³/mol. The van der Waals surface area contributed by atoms with Crippen LogP contribution in [0.4, 0.5) is 0 Å². The number of hydrogen-bond donors (Lipinski definition) is 2. The Kier molecular flexibility index (Phi) is 6.87. The third-order valence-electron chi connectivity index (χ3n) is 6.45. The second-order valence-corrected chi connectivity index (χ2v) is 8.93. The van der Waals surface area contributed by atoms with Crippen molar-refractivity contribution in [1.29, 1.82) is 0 Å². The van der Waals surface area contributed by atoms with Crippen molar-refractivity contribution in [2.24, 2.45) is 0 Å². The molecule has 0 radical (unpaired) electrons. The zero-order valence-electron chi connectivity index (χ0n) is 19.2. The number of hydrogen-bond acceptors (Lipinski definition) is 3. The number of amides is 1. The van der Waals surface area contributed by atoms with Gasteiger partial charge in [-0.05, 0) is 53.4 Å². The summed E-state index contributed by atoms with van der Waals surface area (Å²) >= 11 is 0. The molecule has 2 atom stereocenters. The molecule has 0 aliphatic carbocycles. The first-order valence-corrected chi connectivity index (χ1v) is 12.0. The third-order valence-corrected chi connectivity index (χ3v) is 6.45. The van der Waals surface area contributed by atoms with Gasteiger partial charge in [0.25, 0.3) is 5.91 Å². The fourth-order valence-electron chi connectivity index (χ4n) is 4.72. The zero-order chi connectivity index (χ0) is 23.2. The van der Waals surface area contributed by atoms with E-state index in [1.807, 2.05) is 72.8 Å². The van der Waals surface area contributed by atoms with Gasteiger partial charge in [0.05, 0.1) is 0 Å². The Hall–Kier alpha value is -3.63. The molecular weight excluding hydrogens is 420 g/mol. The lowest BCUT2D eigenvalue weighted by molar-refractivity contribution is 0.0936. The Morgan fingerprint density at radius 2 is 1.65 bits per heavy atom. The quantitative estimate of drug-likeness (QED) is 0.346. The maximum atomic E-state index is 13.3. The summed E-state index contributed by atoms with van der Waals surface area (Å²) in [6, 6.07) is 32.6. The van der Waals surface area contributed by atoms with Crippen molar-refractivity contribution in [3.05, 3.63) is 114 Å². The zero-order valence-corrected chi connectivity index (χ0v) is 19.2. The van der Waals surface area contributed by atoms with Crippen molar-refractivity contribution in [2.75, 3.05) is 13.1 Å². The Morgan fingerprint density at radius 1 is 0.882 bits per heavy atom. The molecule has 1 aliphatic rings. The van der Waals surface area contributed by atoms with Crippen molar-refractivity contribution in [1.82, 2.24) is 10.6 Å². The molecule has 0 fully saturated rings. The first-order chi connectivity index (χ1) is 16.8. The molecular formula is C30H30N2O2. The average Bonchev–Trinajstić information content (AvgIpc) is 3.30. The predicted octanol–water partition coefficient (Wildman–Crippen LogP) is 5.16. The van der Waals surface area contributed by atoms with Gasteiger partial charge in [0, 0.05) is 24.6 Å². The van der Waals surface area contributed by atoms with E-state index in [0.29, 0.717) is 0 Å². The highest BCUT2D eigenvalue weighted by Gasteiger charge is 2.22. The molecule has 0 aromatic heterocycles. The number of para-hydroxylation sites is 1.